The molecule has 3 heteroatoms. The summed E-state index contributed by atoms with van der Waals surface area (Å²) in [5.41, 5.74) is 4.21. The van der Waals surface area contributed by atoms with E-state index in [0.717, 1.165) is 18.1 Å². The van der Waals surface area contributed by atoms with Gasteiger partial charge in [-0.05, 0) is 37.0 Å². The number of benzene rings is 1. The van der Waals surface area contributed by atoms with Crippen LogP contribution in [0.1, 0.15) is 50.6 Å². The lowest BCUT2D eigenvalue weighted by molar-refractivity contribution is 0.339. The Hall–Kier alpha value is -1.06. The van der Waals surface area contributed by atoms with Gasteiger partial charge in [0.25, 0.3) is 0 Å². The molecule has 0 radical (unpaired) electrons. The van der Waals surface area contributed by atoms with Crippen LogP contribution >= 0.6 is 0 Å². The second-order valence-corrected chi connectivity index (χ2v) is 5.11. The third-order valence-corrected chi connectivity index (χ3v) is 3.84. The highest BCUT2D eigenvalue weighted by atomic mass is 16.5. The third-order valence-electron chi connectivity index (χ3n) is 3.84. The van der Waals surface area contributed by atoms with Gasteiger partial charge in [0.05, 0.1) is 6.61 Å². The summed E-state index contributed by atoms with van der Waals surface area (Å²) in [5.74, 6) is 7.46. The van der Waals surface area contributed by atoms with Gasteiger partial charge in [0, 0.05) is 6.04 Å². The van der Waals surface area contributed by atoms with Gasteiger partial charge >= 0.3 is 0 Å². The number of ether oxygens (including phenoxy) is 1. The lowest BCUT2D eigenvalue weighted by atomic mass is 9.94. The third kappa shape index (κ3) is 3.47. The Labute approximate surface area is 110 Å². The molecular weight excluding hydrogens is 224 g/mol. The Balaban J connectivity index is 1.97. The molecule has 0 aliphatic heterocycles. The number of nitrogens with two attached hydrogens (primary N) is 1. The predicted octanol–water partition coefficient (Wildman–Crippen LogP) is 3.17. The van der Waals surface area contributed by atoms with Crippen molar-refractivity contribution in [1.82, 2.24) is 5.43 Å². The molecule has 0 bridgehead atoms. The van der Waals surface area contributed by atoms with Crippen LogP contribution in [0.3, 0.4) is 0 Å². The average Bonchev–Trinajstić information content (AvgIpc) is 2.90. The van der Waals surface area contributed by atoms with Gasteiger partial charge in [-0.25, -0.2) is 0 Å². The first-order valence-corrected chi connectivity index (χ1v) is 7.02. The van der Waals surface area contributed by atoms with Gasteiger partial charge in [0.1, 0.15) is 5.75 Å². The summed E-state index contributed by atoms with van der Waals surface area (Å²) in [4.78, 5) is 0. The molecule has 2 rings (SSSR count). The molecule has 100 valence electrons. The van der Waals surface area contributed by atoms with Crippen molar-refractivity contribution in [1.29, 1.82) is 0 Å². The molecule has 1 aromatic carbocycles. The number of rotatable bonds is 6. The lowest BCUT2D eigenvalue weighted by Crippen LogP contribution is -2.29. The van der Waals surface area contributed by atoms with Crippen molar-refractivity contribution in [2.45, 2.75) is 45.1 Å². The minimum atomic E-state index is 0.267. The summed E-state index contributed by atoms with van der Waals surface area (Å²) in [6.45, 7) is 2.71. The van der Waals surface area contributed by atoms with Gasteiger partial charge in [0.15, 0.2) is 0 Å². The molecule has 1 atom stereocenters. The molecule has 1 aliphatic carbocycles. The molecule has 1 aromatic rings. The molecule has 1 saturated carbocycles. The maximum Gasteiger partial charge on any atom is 0.119 e. The Bertz CT molecular complexity index is 344. The van der Waals surface area contributed by atoms with E-state index in [1.807, 2.05) is 19.1 Å². The molecular formula is C15H24N2O. The maximum atomic E-state index is 5.70. The van der Waals surface area contributed by atoms with Crippen LogP contribution in [-0.2, 0) is 0 Å². The predicted molar refractivity (Wildman–Crippen MR) is 74.3 cm³/mol. The SMILES string of the molecule is CCOc1ccc(C(CC2CCCC2)NN)cc1. The van der Waals surface area contributed by atoms with Crippen molar-refractivity contribution in [2.75, 3.05) is 6.61 Å². The first-order valence-electron chi connectivity index (χ1n) is 7.02. The number of hydrogen-bond donors (Lipinski definition) is 2. The van der Waals surface area contributed by atoms with Crippen molar-refractivity contribution in [3.8, 4) is 5.75 Å². The second kappa shape index (κ2) is 6.76. The minimum Gasteiger partial charge on any atom is -0.494 e. The summed E-state index contributed by atoms with van der Waals surface area (Å²) >= 11 is 0. The summed E-state index contributed by atoms with van der Waals surface area (Å²) in [7, 11) is 0. The van der Waals surface area contributed by atoms with E-state index >= 15 is 0 Å². The highest BCUT2D eigenvalue weighted by Gasteiger charge is 2.20. The van der Waals surface area contributed by atoms with E-state index in [1.54, 1.807) is 0 Å². The summed E-state index contributed by atoms with van der Waals surface area (Å²) in [6.07, 6.45) is 6.62. The van der Waals surface area contributed by atoms with Crippen LogP contribution in [0.25, 0.3) is 0 Å². The Morgan fingerprint density at radius 1 is 1.28 bits per heavy atom. The fraction of sp³-hybridized carbons (Fsp3) is 0.600. The van der Waals surface area contributed by atoms with Crippen molar-refractivity contribution < 1.29 is 4.74 Å². The maximum absolute atomic E-state index is 5.70. The van der Waals surface area contributed by atoms with Gasteiger partial charge in [-0.1, -0.05) is 37.8 Å². The summed E-state index contributed by atoms with van der Waals surface area (Å²) < 4.78 is 5.46. The Kier molecular flexibility index (Phi) is 5.02. The first-order chi connectivity index (χ1) is 8.83. The molecule has 3 N–H and O–H groups in total. The molecule has 0 saturated heterocycles. The van der Waals surface area contributed by atoms with Crippen LogP contribution in [0.2, 0.25) is 0 Å². The fourth-order valence-electron chi connectivity index (χ4n) is 2.84. The smallest absolute Gasteiger partial charge is 0.119 e. The number of hydrogen-bond acceptors (Lipinski definition) is 3. The topological polar surface area (TPSA) is 47.3 Å². The van der Waals surface area contributed by atoms with Crippen LogP contribution < -0.4 is 16.0 Å². The molecule has 0 aromatic heterocycles. The molecule has 0 heterocycles. The van der Waals surface area contributed by atoms with Crippen LogP contribution in [0.4, 0.5) is 0 Å². The molecule has 1 unspecified atom stereocenters. The van der Waals surface area contributed by atoms with Gasteiger partial charge < -0.3 is 4.74 Å². The zero-order valence-corrected chi connectivity index (χ0v) is 11.2. The van der Waals surface area contributed by atoms with Crippen LogP contribution in [0.15, 0.2) is 24.3 Å². The van der Waals surface area contributed by atoms with Crippen molar-refractivity contribution >= 4 is 0 Å². The summed E-state index contributed by atoms with van der Waals surface area (Å²) in [5, 5.41) is 0. The van der Waals surface area contributed by atoms with E-state index < -0.39 is 0 Å². The molecule has 1 fully saturated rings. The molecule has 3 nitrogen and oxygen atoms in total. The Morgan fingerprint density at radius 3 is 2.50 bits per heavy atom. The van der Waals surface area contributed by atoms with E-state index in [9.17, 15) is 0 Å². The fourth-order valence-corrected chi connectivity index (χ4v) is 2.84. The van der Waals surface area contributed by atoms with E-state index in [4.69, 9.17) is 10.6 Å². The minimum absolute atomic E-state index is 0.267. The van der Waals surface area contributed by atoms with Gasteiger partial charge in [0.2, 0.25) is 0 Å². The standard InChI is InChI=1S/C15H24N2O/c1-2-18-14-9-7-13(8-10-14)15(17-16)11-12-5-3-4-6-12/h7-10,12,15,17H,2-6,11,16H2,1H3. The molecule has 0 spiro atoms. The largest absolute Gasteiger partial charge is 0.494 e. The van der Waals surface area contributed by atoms with Crippen molar-refractivity contribution in [3.63, 3.8) is 0 Å². The monoisotopic (exact) mass is 248 g/mol. The second-order valence-electron chi connectivity index (χ2n) is 5.11. The number of hydrazine groups is 1. The Morgan fingerprint density at radius 2 is 1.94 bits per heavy atom. The average molecular weight is 248 g/mol. The number of nitrogens with one attached hydrogen (secondary N) is 1. The van der Waals surface area contributed by atoms with Gasteiger partial charge in [-0.15, -0.1) is 0 Å². The van der Waals surface area contributed by atoms with Crippen LogP contribution in [0, 0.1) is 5.92 Å². The van der Waals surface area contributed by atoms with E-state index in [-0.39, 0.29) is 6.04 Å². The molecule has 0 amide bonds. The zero-order valence-electron chi connectivity index (χ0n) is 11.2. The summed E-state index contributed by atoms with van der Waals surface area (Å²) in [6, 6.07) is 8.55. The molecule has 1 aliphatic rings. The normalized spacial score (nSPS) is 17.9. The lowest BCUT2D eigenvalue weighted by Gasteiger charge is -2.20. The van der Waals surface area contributed by atoms with Crippen LogP contribution in [0.5, 0.6) is 5.75 Å². The molecule has 18 heavy (non-hydrogen) atoms. The van der Waals surface area contributed by atoms with E-state index in [0.29, 0.717) is 6.61 Å². The van der Waals surface area contributed by atoms with Crippen LogP contribution in [-0.4, -0.2) is 6.61 Å². The zero-order chi connectivity index (χ0) is 12.8. The van der Waals surface area contributed by atoms with E-state index in [1.165, 1.54) is 31.2 Å². The van der Waals surface area contributed by atoms with Gasteiger partial charge in [-0.2, -0.15) is 0 Å². The highest BCUT2D eigenvalue weighted by Crippen LogP contribution is 2.33. The van der Waals surface area contributed by atoms with E-state index in [2.05, 4.69) is 17.6 Å². The first kappa shape index (κ1) is 13.4. The van der Waals surface area contributed by atoms with Gasteiger partial charge in [-0.3, -0.25) is 11.3 Å². The quantitative estimate of drug-likeness (QED) is 0.600. The van der Waals surface area contributed by atoms with Crippen molar-refractivity contribution in [3.05, 3.63) is 29.8 Å². The highest BCUT2D eigenvalue weighted by molar-refractivity contribution is 5.29. The van der Waals surface area contributed by atoms with Crippen molar-refractivity contribution in [2.24, 2.45) is 11.8 Å².